The highest BCUT2D eigenvalue weighted by molar-refractivity contribution is 7.09. The second-order valence-corrected chi connectivity index (χ2v) is 9.17. The highest BCUT2D eigenvalue weighted by Gasteiger charge is 2.25. The minimum Gasteiger partial charge on any atom is -0.468 e. The monoisotopic (exact) mass is 403 g/mol. The molecular formula is C21H33N5OS. The van der Waals surface area contributed by atoms with Gasteiger partial charge in [-0.05, 0) is 45.0 Å². The Morgan fingerprint density at radius 2 is 2.11 bits per heavy atom. The van der Waals surface area contributed by atoms with Crippen molar-refractivity contribution in [3.05, 3.63) is 40.2 Å². The van der Waals surface area contributed by atoms with E-state index in [4.69, 9.17) is 14.4 Å². The summed E-state index contributed by atoms with van der Waals surface area (Å²) in [7, 11) is 0. The van der Waals surface area contributed by atoms with Crippen molar-refractivity contribution < 1.29 is 4.42 Å². The molecule has 1 saturated heterocycles. The van der Waals surface area contributed by atoms with E-state index >= 15 is 0 Å². The van der Waals surface area contributed by atoms with E-state index < -0.39 is 0 Å². The number of rotatable bonds is 7. The Kier molecular flexibility index (Phi) is 7.13. The fraction of sp³-hybridized carbons (Fsp3) is 0.619. The fourth-order valence-electron chi connectivity index (χ4n) is 3.35. The van der Waals surface area contributed by atoms with Crippen molar-refractivity contribution in [1.29, 1.82) is 0 Å². The molecule has 1 atom stereocenters. The molecule has 0 aliphatic carbocycles. The number of nitrogens with zero attached hydrogens (tertiary/aromatic N) is 3. The Labute approximate surface area is 172 Å². The van der Waals surface area contributed by atoms with Crippen LogP contribution in [-0.4, -0.2) is 42.0 Å². The van der Waals surface area contributed by atoms with Crippen LogP contribution in [0.2, 0.25) is 0 Å². The average molecular weight is 404 g/mol. The van der Waals surface area contributed by atoms with Crippen LogP contribution in [0.1, 0.15) is 63.0 Å². The number of guanidine groups is 1. The molecule has 7 heteroatoms. The topological polar surface area (TPSA) is 65.7 Å². The molecular weight excluding hydrogens is 370 g/mol. The zero-order chi connectivity index (χ0) is 20.0. The van der Waals surface area contributed by atoms with E-state index in [0.29, 0.717) is 6.54 Å². The van der Waals surface area contributed by atoms with Crippen molar-refractivity contribution in [2.24, 2.45) is 4.99 Å². The van der Waals surface area contributed by atoms with Gasteiger partial charge in [0.05, 0.1) is 24.5 Å². The second-order valence-electron chi connectivity index (χ2n) is 8.23. The molecule has 1 aliphatic rings. The van der Waals surface area contributed by atoms with Crippen LogP contribution in [0.3, 0.4) is 0 Å². The van der Waals surface area contributed by atoms with Crippen LogP contribution >= 0.6 is 11.3 Å². The molecule has 0 spiro atoms. The Bertz CT molecular complexity index is 741. The molecule has 1 unspecified atom stereocenters. The van der Waals surface area contributed by atoms with Gasteiger partial charge in [-0.1, -0.05) is 20.8 Å². The number of aromatic nitrogens is 1. The molecule has 0 saturated carbocycles. The van der Waals surface area contributed by atoms with E-state index in [1.165, 1.54) is 12.8 Å². The van der Waals surface area contributed by atoms with Gasteiger partial charge in [0.25, 0.3) is 0 Å². The normalized spacial score (nSPS) is 17.1. The third-order valence-electron chi connectivity index (χ3n) is 4.95. The first-order chi connectivity index (χ1) is 13.5. The van der Waals surface area contributed by atoms with Gasteiger partial charge < -0.3 is 15.1 Å². The smallest absolute Gasteiger partial charge is 0.191 e. The average Bonchev–Trinajstić information content (AvgIpc) is 3.41. The molecule has 6 nitrogen and oxygen atoms in total. The fourth-order valence-corrected chi connectivity index (χ4v) is 4.30. The Hall–Kier alpha value is -1.86. The summed E-state index contributed by atoms with van der Waals surface area (Å²) in [5.41, 5.74) is 1.21. The molecule has 1 fully saturated rings. The maximum absolute atomic E-state index is 5.71. The summed E-state index contributed by atoms with van der Waals surface area (Å²) in [6.07, 6.45) is 4.27. The van der Waals surface area contributed by atoms with Gasteiger partial charge in [-0.2, -0.15) is 0 Å². The lowest BCUT2D eigenvalue weighted by atomic mass is 9.93. The van der Waals surface area contributed by atoms with Gasteiger partial charge in [0.15, 0.2) is 5.96 Å². The van der Waals surface area contributed by atoms with Crippen LogP contribution in [-0.2, 0) is 12.0 Å². The van der Waals surface area contributed by atoms with Crippen LogP contribution in [0.4, 0.5) is 0 Å². The number of nitrogens with one attached hydrogen (secondary N) is 2. The van der Waals surface area contributed by atoms with E-state index in [0.717, 1.165) is 48.6 Å². The highest BCUT2D eigenvalue weighted by Crippen LogP contribution is 2.25. The number of hydrogen-bond donors (Lipinski definition) is 2. The van der Waals surface area contributed by atoms with Gasteiger partial charge in [-0.3, -0.25) is 4.90 Å². The van der Waals surface area contributed by atoms with Crippen LogP contribution in [0, 0.1) is 0 Å². The van der Waals surface area contributed by atoms with Gasteiger partial charge in [0.2, 0.25) is 0 Å². The molecule has 3 heterocycles. The molecule has 1 aliphatic heterocycles. The Balaban J connectivity index is 1.64. The number of hydrogen-bond acceptors (Lipinski definition) is 5. The van der Waals surface area contributed by atoms with E-state index in [1.807, 2.05) is 6.07 Å². The van der Waals surface area contributed by atoms with E-state index in [9.17, 15) is 0 Å². The summed E-state index contributed by atoms with van der Waals surface area (Å²) in [4.78, 5) is 12.0. The van der Waals surface area contributed by atoms with E-state index in [-0.39, 0.29) is 11.5 Å². The third kappa shape index (κ3) is 5.58. The van der Waals surface area contributed by atoms with E-state index in [2.05, 4.69) is 54.7 Å². The van der Waals surface area contributed by atoms with Crippen molar-refractivity contribution >= 4 is 17.3 Å². The SMILES string of the molecule is CCNC(=NCc1nc(C(C)(C)C)cs1)NCC(c1ccco1)N1CCCC1. The molecule has 2 aromatic heterocycles. The first-order valence-corrected chi connectivity index (χ1v) is 11.1. The van der Waals surface area contributed by atoms with Crippen molar-refractivity contribution in [2.45, 2.75) is 58.5 Å². The Morgan fingerprint density at radius 3 is 2.71 bits per heavy atom. The molecule has 0 amide bonds. The summed E-state index contributed by atoms with van der Waals surface area (Å²) in [5.74, 6) is 1.84. The lowest BCUT2D eigenvalue weighted by Gasteiger charge is -2.26. The lowest BCUT2D eigenvalue weighted by Crippen LogP contribution is -2.42. The summed E-state index contributed by atoms with van der Waals surface area (Å²) >= 11 is 1.68. The minimum absolute atomic E-state index is 0.0766. The molecule has 3 rings (SSSR count). The molecule has 0 bridgehead atoms. The molecule has 28 heavy (non-hydrogen) atoms. The number of likely N-dealkylation sites (tertiary alicyclic amines) is 1. The minimum atomic E-state index is 0.0766. The number of furan rings is 1. The predicted molar refractivity (Wildman–Crippen MR) is 116 cm³/mol. The van der Waals surface area contributed by atoms with Gasteiger partial charge >= 0.3 is 0 Å². The quantitative estimate of drug-likeness (QED) is 0.542. The molecule has 2 aromatic rings. The highest BCUT2D eigenvalue weighted by atomic mass is 32.1. The standard InChI is InChI=1S/C21H33N5OS/c1-5-22-20(24-14-19-25-18(15-28-19)21(2,3)4)23-13-16(17-9-8-12-27-17)26-10-6-7-11-26/h8-9,12,15-16H,5-7,10-11,13-14H2,1-4H3,(H2,22,23,24). The second kappa shape index (κ2) is 9.56. The molecule has 0 radical (unpaired) electrons. The first kappa shape index (κ1) is 20.9. The molecule has 2 N–H and O–H groups in total. The van der Waals surface area contributed by atoms with Crippen molar-refractivity contribution in [1.82, 2.24) is 20.5 Å². The van der Waals surface area contributed by atoms with E-state index in [1.54, 1.807) is 17.6 Å². The number of aliphatic imine (C=N–C) groups is 1. The van der Waals surface area contributed by atoms with Crippen molar-refractivity contribution in [3.8, 4) is 0 Å². The van der Waals surface area contributed by atoms with Crippen LogP contribution in [0.5, 0.6) is 0 Å². The van der Waals surface area contributed by atoms with Crippen LogP contribution in [0.25, 0.3) is 0 Å². The third-order valence-corrected chi connectivity index (χ3v) is 5.79. The molecule has 154 valence electrons. The van der Waals surface area contributed by atoms with Crippen LogP contribution < -0.4 is 10.6 Å². The zero-order valence-electron chi connectivity index (χ0n) is 17.5. The van der Waals surface area contributed by atoms with Gasteiger partial charge in [0.1, 0.15) is 10.8 Å². The van der Waals surface area contributed by atoms with Gasteiger partial charge in [0, 0.05) is 23.9 Å². The Morgan fingerprint density at radius 1 is 1.32 bits per heavy atom. The predicted octanol–water partition coefficient (Wildman–Crippen LogP) is 3.93. The number of thiazole rings is 1. The summed E-state index contributed by atoms with van der Waals surface area (Å²) in [6.45, 7) is 13.1. The summed E-state index contributed by atoms with van der Waals surface area (Å²) in [6, 6.07) is 4.26. The zero-order valence-corrected chi connectivity index (χ0v) is 18.3. The first-order valence-electron chi connectivity index (χ1n) is 10.2. The van der Waals surface area contributed by atoms with Gasteiger partial charge in [-0.25, -0.2) is 9.98 Å². The largest absolute Gasteiger partial charge is 0.468 e. The summed E-state index contributed by atoms with van der Waals surface area (Å²) < 4.78 is 5.71. The van der Waals surface area contributed by atoms with Crippen molar-refractivity contribution in [3.63, 3.8) is 0 Å². The lowest BCUT2D eigenvalue weighted by molar-refractivity contribution is 0.215. The van der Waals surface area contributed by atoms with Gasteiger partial charge in [-0.15, -0.1) is 11.3 Å². The molecule has 0 aromatic carbocycles. The van der Waals surface area contributed by atoms with Crippen LogP contribution in [0.15, 0.2) is 33.2 Å². The maximum Gasteiger partial charge on any atom is 0.191 e. The van der Waals surface area contributed by atoms with Crippen molar-refractivity contribution in [2.75, 3.05) is 26.2 Å². The maximum atomic E-state index is 5.71. The summed E-state index contributed by atoms with van der Waals surface area (Å²) in [5, 5.41) is 10.0.